The third-order valence-electron chi connectivity index (χ3n) is 5.14. The smallest absolute Gasteiger partial charge is 0.218 e. The number of aromatic nitrogens is 9. The molecule has 0 aliphatic carbocycles. The van der Waals surface area contributed by atoms with Gasteiger partial charge in [0.2, 0.25) is 5.82 Å². The molecule has 0 bridgehead atoms. The molecule has 0 amide bonds. The second-order valence-electron chi connectivity index (χ2n) is 7.62. The third-order valence-corrected chi connectivity index (χ3v) is 5.14. The number of hydrogen-bond donors (Lipinski definition) is 1. The Morgan fingerprint density at radius 1 is 1.06 bits per heavy atom. The van der Waals surface area contributed by atoms with Crippen LogP contribution in [0.25, 0.3) is 28.4 Å². The number of nitrogens with one attached hydrogen (secondary N) is 1. The normalized spacial score (nSPS) is 11.5. The molecule has 0 aliphatic rings. The van der Waals surface area contributed by atoms with Gasteiger partial charge in [0, 0.05) is 49.6 Å². The Kier molecular flexibility index (Phi) is 4.46. The molecule has 0 aliphatic heterocycles. The highest BCUT2D eigenvalue weighted by molar-refractivity contribution is 5.83. The first-order valence-electron chi connectivity index (χ1n) is 9.99. The lowest BCUT2D eigenvalue weighted by Gasteiger charge is -2.09. The molecule has 5 rings (SSSR count). The highest BCUT2D eigenvalue weighted by atomic mass is 15.3. The SMILES string of the molecule is Cc1c(-c2ccn(C(C)C)n2)cn2nc(-c3nccn3C)nc(Nc3cccnn3)c12. The van der Waals surface area contributed by atoms with Gasteiger partial charge in [-0.2, -0.15) is 10.2 Å². The molecule has 1 N–H and O–H groups in total. The van der Waals surface area contributed by atoms with Crippen LogP contribution in [0.2, 0.25) is 0 Å². The highest BCUT2D eigenvalue weighted by Gasteiger charge is 2.20. The zero-order valence-electron chi connectivity index (χ0n) is 17.7. The number of rotatable bonds is 5. The lowest BCUT2D eigenvalue weighted by atomic mass is 10.1. The fraction of sp³-hybridized carbons (Fsp3) is 0.238. The van der Waals surface area contributed by atoms with Crippen molar-refractivity contribution >= 4 is 17.2 Å². The van der Waals surface area contributed by atoms with Crippen LogP contribution in [0, 0.1) is 6.92 Å². The molecule has 0 atom stereocenters. The summed E-state index contributed by atoms with van der Waals surface area (Å²) in [5, 5.41) is 20.9. The molecule has 5 aromatic rings. The molecule has 0 unspecified atom stereocenters. The fourth-order valence-corrected chi connectivity index (χ4v) is 3.51. The third kappa shape index (κ3) is 3.31. The average Bonchev–Trinajstić information content (AvgIpc) is 3.47. The molecule has 5 heterocycles. The van der Waals surface area contributed by atoms with Crippen molar-refractivity contribution in [2.24, 2.45) is 7.05 Å². The first-order chi connectivity index (χ1) is 15.0. The van der Waals surface area contributed by atoms with Crippen LogP contribution in [-0.4, -0.2) is 44.1 Å². The molecule has 10 heteroatoms. The molecule has 0 saturated heterocycles. The Morgan fingerprint density at radius 2 is 1.94 bits per heavy atom. The van der Waals surface area contributed by atoms with Gasteiger partial charge in [-0.15, -0.1) is 10.2 Å². The number of nitrogens with zero attached hydrogens (tertiary/aromatic N) is 9. The monoisotopic (exact) mass is 414 g/mol. The van der Waals surface area contributed by atoms with E-state index in [1.807, 2.05) is 64.5 Å². The van der Waals surface area contributed by atoms with E-state index in [9.17, 15) is 0 Å². The fourth-order valence-electron chi connectivity index (χ4n) is 3.51. The second kappa shape index (κ2) is 7.31. The van der Waals surface area contributed by atoms with E-state index >= 15 is 0 Å². The van der Waals surface area contributed by atoms with Crippen LogP contribution in [0.4, 0.5) is 11.6 Å². The number of imidazole rings is 1. The predicted octanol–water partition coefficient (Wildman–Crippen LogP) is 3.42. The Balaban J connectivity index is 1.71. The molecule has 0 spiro atoms. The van der Waals surface area contributed by atoms with Gasteiger partial charge in [0.25, 0.3) is 0 Å². The Hall–Kier alpha value is -4.08. The van der Waals surface area contributed by atoms with Gasteiger partial charge >= 0.3 is 0 Å². The zero-order chi connectivity index (χ0) is 21.5. The summed E-state index contributed by atoms with van der Waals surface area (Å²) in [5.74, 6) is 2.39. The molecular formula is C21H22N10. The van der Waals surface area contributed by atoms with Crippen LogP contribution in [0.15, 0.2) is 49.2 Å². The number of anilines is 2. The minimum Gasteiger partial charge on any atom is -0.331 e. The van der Waals surface area contributed by atoms with Gasteiger partial charge in [-0.25, -0.2) is 14.5 Å². The van der Waals surface area contributed by atoms with Gasteiger partial charge in [0.15, 0.2) is 17.5 Å². The van der Waals surface area contributed by atoms with Gasteiger partial charge in [-0.3, -0.25) is 4.68 Å². The van der Waals surface area contributed by atoms with Gasteiger partial charge in [-0.05, 0) is 44.5 Å². The molecular weight excluding hydrogens is 392 g/mol. The van der Waals surface area contributed by atoms with E-state index in [4.69, 9.17) is 15.2 Å². The summed E-state index contributed by atoms with van der Waals surface area (Å²) in [5.41, 5.74) is 3.75. The summed E-state index contributed by atoms with van der Waals surface area (Å²) >= 11 is 0. The van der Waals surface area contributed by atoms with Crippen LogP contribution in [0.3, 0.4) is 0 Å². The van der Waals surface area contributed by atoms with E-state index in [1.54, 1.807) is 12.4 Å². The van der Waals surface area contributed by atoms with Crippen LogP contribution in [0.1, 0.15) is 25.5 Å². The average molecular weight is 414 g/mol. The largest absolute Gasteiger partial charge is 0.331 e. The minimum atomic E-state index is 0.287. The summed E-state index contributed by atoms with van der Waals surface area (Å²) in [4.78, 5) is 9.19. The van der Waals surface area contributed by atoms with Crippen molar-refractivity contribution in [1.29, 1.82) is 0 Å². The maximum atomic E-state index is 4.78. The summed E-state index contributed by atoms with van der Waals surface area (Å²) in [6.45, 7) is 6.26. The van der Waals surface area contributed by atoms with E-state index in [1.165, 1.54) is 0 Å². The van der Waals surface area contributed by atoms with E-state index in [-0.39, 0.29) is 6.04 Å². The van der Waals surface area contributed by atoms with Crippen molar-refractivity contribution in [3.05, 3.63) is 54.7 Å². The van der Waals surface area contributed by atoms with E-state index in [2.05, 4.69) is 34.3 Å². The van der Waals surface area contributed by atoms with Crippen molar-refractivity contribution < 1.29 is 0 Å². The topological polar surface area (TPSA) is 104 Å². The van der Waals surface area contributed by atoms with Crippen LogP contribution >= 0.6 is 0 Å². The zero-order valence-corrected chi connectivity index (χ0v) is 17.7. The maximum Gasteiger partial charge on any atom is 0.218 e. The molecule has 156 valence electrons. The molecule has 10 nitrogen and oxygen atoms in total. The quantitative estimate of drug-likeness (QED) is 0.470. The minimum absolute atomic E-state index is 0.287. The number of hydrogen-bond acceptors (Lipinski definition) is 7. The van der Waals surface area contributed by atoms with Crippen molar-refractivity contribution in [3.63, 3.8) is 0 Å². The second-order valence-corrected chi connectivity index (χ2v) is 7.62. The maximum absolute atomic E-state index is 4.78. The highest BCUT2D eigenvalue weighted by Crippen LogP contribution is 2.32. The standard InChI is InChI=1S/C21H22N10/c1-13(2)30-10-7-16(27-30)15-12-31-18(14(15)3)19(24-17-6-5-8-23-26-17)25-20(28-31)21-22-9-11-29(21)4/h5-13H,1-4H3,(H,24,25,26,28). The first kappa shape index (κ1) is 18.9. The lowest BCUT2D eigenvalue weighted by Crippen LogP contribution is -2.07. The van der Waals surface area contributed by atoms with Crippen molar-refractivity contribution in [1.82, 2.24) is 44.1 Å². The van der Waals surface area contributed by atoms with Crippen LogP contribution in [0.5, 0.6) is 0 Å². The number of fused-ring (bicyclic) bond motifs is 1. The molecule has 5 aromatic heterocycles. The Morgan fingerprint density at radius 3 is 2.61 bits per heavy atom. The number of aryl methyl sites for hydroxylation is 2. The van der Waals surface area contributed by atoms with Crippen LogP contribution in [-0.2, 0) is 7.05 Å². The molecule has 0 aromatic carbocycles. The summed E-state index contributed by atoms with van der Waals surface area (Å²) in [6, 6.07) is 5.97. The van der Waals surface area contributed by atoms with E-state index in [0.717, 1.165) is 22.3 Å². The van der Waals surface area contributed by atoms with E-state index < -0.39 is 0 Å². The summed E-state index contributed by atoms with van der Waals surface area (Å²) < 4.78 is 5.66. The first-order valence-corrected chi connectivity index (χ1v) is 9.99. The van der Waals surface area contributed by atoms with Gasteiger partial charge < -0.3 is 9.88 Å². The Labute approximate surface area is 178 Å². The lowest BCUT2D eigenvalue weighted by molar-refractivity contribution is 0.534. The summed E-state index contributed by atoms with van der Waals surface area (Å²) in [7, 11) is 1.91. The van der Waals surface area contributed by atoms with Gasteiger partial charge in [0.1, 0.15) is 5.52 Å². The van der Waals surface area contributed by atoms with Gasteiger partial charge in [-0.1, -0.05) is 0 Å². The molecule has 31 heavy (non-hydrogen) atoms. The molecule has 0 fully saturated rings. The van der Waals surface area contributed by atoms with Crippen molar-refractivity contribution in [3.8, 4) is 22.9 Å². The molecule has 0 radical (unpaired) electrons. The predicted molar refractivity (Wildman–Crippen MR) is 117 cm³/mol. The van der Waals surface area contributed by atoms with Gasteiger partial charge in [0.05, 0.1) is 5.69 Å². The summed E-state index contributed by atoms with van der Waals surface area (Å²) in [6.07, 6.45) is 9.19. The Bertz CT molecular complexity index is 1360. The van der Waals surface area contributed by atoms with E-state index in [0.29, 0.717) is 23.3 Å². The van der Waals surface area contributed by atoms with Crippen molar-refractivity contribution in [2.45, 2.75) is 26.8 Å². The van der Waals surface area contributed by atoms with Crippen molar-refractivity contribution in [2.75, 3.05) is 5.32 Å². The van der Waals surface area contributed by atoms with Crippen LogP contribution < -0.4 is 5.32 Å². The molecule has 0 saturated carbocycles.